The second kappa shape index (κ2) is 8.56. The Morgan fingerprint density at radius 3 is 2.29 bits per heavy atom. The van der Waals surface area contributed by atoms with E-state index in [9.17, 15) is 44.9 Å². The first kappa shape index (κ1) is 23.4. The number of methoxy groups -OCH3 is 1. The third-order valence-corrected chi connectivity index (χ3v) is 5.46. The number of carbonyl (C=O) groups excluding carboxylic acids is 1. The first-order valence-electron chi connectivity index (χ1n) is 9.97. The lowest BCUT2D eigenvalue weighted by molar-refractivity contribution is -0.0193. The second-order valence-electron chi connectivity index (χ2n) is 7.67. The molecule has 0 aliphatic carbocycles. The summed E-state index contributed by atoms with van der Waals surface area (Å²) >= 11 is 0. The highest BCUT2D eigenvalue weighted by Gasteiger charge is 2.38. The van der Waals surface area contributed by atoms with Crippen LogP contribution in [0.25, 0.3) is 0 Å². The molecule has 3 aromatic carbocycles. The Balaban J connectivity index is 1.78. The summed E-state index contributed by atoms with van der Waals surface area (Å²) < 4.78 is 30.7. The molecule has 0 saturated heterocycles. The summed E-state index contributed by atoms with van der Waals surface area (Å²) in [5.41, 5.74) is -0.618. The smallest absolute Gasteiger partial charge is 0.341 e. The molecular weight excluding hydrogens is 471 g/mol. The van der Waals surface area contributed by atoms with E-state index in [-0.39, 0.29) is 40.5 Å². The predicted octanol–water partition coefficient (Wildman–Crippen LogP) is 2.68. The van der Waals surface area contributed by atoms with Gasteiger partial charge in [0.1, 0.15) is 28.9 Å². The van der Waals surface area contributed by atoms with Gasteiger partial charge in [0.2, 0.25) is 11.5 Å². The van der Waals surface area contributed by atoms with Crippen molar-refractivity contribution in [1.82, 2.24) is 0 Å². The summed E-state index contributed by atoms with van der Waals surface area (Å²) in [6, 6.07) is 5.19. The van der Waals surface area contributed by atoms with Crippen LogP contribution in [-0.2, 0) is 11.2 Å². The van der Waals surface area contributed by atoms with Crippen molar-refractivity contribution in [3.05, 3.63) is 52.8 Å². The summed E-state index contributed by atoms with van der Waals surface area (Å²) in [6.45, 7) is 0. The van der Waals surface area contributed by atoms with Crippen LogP contribution in [0.15, 0.2) is 30.3 Å². The van der Waals surface area contributed by atoms with Crippen molar-refractivity contribution < 1.29 is 59.1 Å². The number of carbonyl (C=O) groups is 1. The molecule has 35 heavy (non-hydrogen) atoms. The van der Waals surface area contributed by atoms with Gasteiger partial charge in [0, 0.05) is 35.7 Å². The Morgan fingerprint density at radius 2 is 1.60 bits per heavy atom. The van der Waals surface area contributed by atoms with E-state index in [0.29, 0.717) is 6.07 Å². The van der Waals surface area contributed by atoms with Crippen LogP contribution in [-0.4, -0.2) is 54.9 Å². The largest absolute Gasteiger partial charge is 0.508 e. The fraction of sp³-hybridized carbons (Fsp3) is 0.174. The van der Waals surface area contributed by atoms with Gasteiger partial charge in [0.25, 0.3) is 0 Å². The van der Waals surface area contributed by atoms with Crippen LogP contribution in [0.1, 0.15) is 27.6 Å². The third kappa shape index (κ3) is 4.05. The van der Waals surface area contributed by atoms with Crippen molar-refractivity contribution in [2.75, 3.05) is 7.11 Å². The lowest BCUT2D eigenvalue weighted by Gasteiger charge is -2.34. The van der Waals surface area contributed by atoms with E-state index in [0.717, 1.165) is 12.1 Å². The van der Waals surface area contributed by atoms with Crippen LogP contribution < -0.4 is 9.47 Å². The van der Waals surface area contributed by atoms with E-state index in [1.54, 1.807) is 0 Å². The molecule has 0 amide bonds. The Bertz CT molecular complexity index is 1340. The van der Waals surface area contributed by atoms with Crippen molar-refractivity contribution in [2.24, 2.45) is 0 Å². The van der Waals surface area contributed by atoms with Gasteiger partial charge in [-0.15, -0.1) is 0 Å². The lowest BCUT2D eigenvalue weighted by atomic mass is 9.93. The van der Waals surface area contributed by atoms with Gasteiger partial charge in [-0.05, 0) is 12.1 Å². The molecule has 0 aromatic heterocycles. The van der Waals surface area contributed by atoms with E-state index >= 15 is 0 Å². The number of ether oxygens (including phenoxy) is 3. The maximum atomic E-state index is 14.4. The number of benzene rings is 3. The van der Waals surface area contributed by atoms with Gasteiger partial charge in [0.15, 0.2) is 34.9 Å². The number of aromatic hydroxyl groups is 7. The van der Waals surface area contributed by atoms with Gasteiger partial charge in [-0.25, -0.2) is 9.18 Å². The van der Waals surface area contributed by atoms with Crippen molar-refractivity contribution in [3.8, 4) is 51.7 Å². The molecule has 0 spiro atoms. The SMILES string of the molecule is COc1cc([C@@H]2Oc3cc(O)cc(O)c3C[C@H]2OC(=O)c2cc(O)c(O)c(O)c2F)cc(O)c1O. The Kier molecular flexibility index (Phi) is 5.73. The number of esters is 1. The highest BCUT2D eigenvalue weighted by molar-refractivity contribution is 5.91. The van der Waals surface area contributed by atoms with E-state index in [2.05, 4.69) is 0 Å². The number of rotatable bonds is 4. The summed E-state index contributed by atoms with van der Waals surface area (Å²) in [5.74, 6) is -8.36. The van der Waals surface area contributed by atoms with Gasteiger partial charge in [-0.1, -0.05) is 0 Å². The molecule has 1 heterocycles. The fourth-order valence-corrected chi connectivity index (χ4v) is 3.74. The molecule has 0 fully saturated rings. The second-order valence-corrected chi connectivity index (χ2v) is 7.67. The minimum absolute atomic E-state index is 0.0254. The summed E-state index contributed by atoms with van der Waals surface area (Å²) in [6.07, 6.45) is -2.73. The Hall–Kier alpha value is -4.74. The van der Waals surface area contributed by atoms with Crippen LogP contribution in [0.4, 0.5) is 4.39 Å². The van der Waals surface area contributed by atoms with Gasteiger partial charge in [-0.2, -0.15) is 0 Å². The van der Waals surface area contributed by atoms with Crippen molar-refractivity contribution >= 4 is 5.97 Å². The van der Waals surface area contributed by atoms with E-state index in [1.807, 2.05) is 0 Å². The highest BCUT2D eigenvalue weighted by atomic mass is 19.1. The monoisotopic (exact) mass is 490 g/mol. The van der Waals surface area contributed by atoms with Crippen molar-refractivity contribution in [2.45, 2.75) is 18.6 Å². The molecule has 0 unspecified atom stereocenters. The number of halogens is 1. The number of phenolic OH excluding ortho intramolecular Hbond substituents is 7. The van der Waals surface area contributed by atoms with Crippen LogP contribution in [0.5, 0.6) is 51.7 Å². The van der Waals surface area contributed by atoms with Crippen LogP contribution in [0, 0.1) is 5.82 Å². The minimum atomic E-state index is -1.55. The predicted molar refractivity (Wildman–Crippen MR) is 114 cm³/mol. The molecule has 0 saturated carbocycles. The number of fused-ring (bicyclic) bond motifs is 1. The fourth-order valence-electron chi connectivity index (χ4n) is 3.74. The zero-order chi connectivity index (χ0) is 25.6. The quantitative estimate of drug-likeness (QED) is 0.210. The van der Waals surface area contributed by atoms with Gasteiger partial charge in [0.05, 0.1) is 7.11 Å². The van der Waals surface area contributed by atoms with Crippen LogP contribution in [0.2, 0.25) is 0 Å². The van der Waals surface area contributed by atoms with E-state index in [4.69, 9.17) is 14.2 Å². The molecule has 0 bridgehead atoms. The molecule has 12 heteroatoms. The zero-order valence-corrected chi connectivity index (χ0v) is 17.9. The standard InChI is InChI=1S/C23H19FO11/c1-33-16-3-8(2-13(27)19(16)29)22-17(7-10-12(26)4-9(25)5-15(10)34-22)35-23(32)11-6-14(28)20(30)21(31)18(11)24/h2-6,17,22,25-31H,7H2,1H3/t17-,22+/m1/s1. The molecule has 7 N–H and O–H groups in total. The molecule has 2 atom stereocenters. The summed E-state index contributed by atoms with van der Waals surface area (Å²) in [7, 11) is 1.23. The van der Waals surface area contributed by atoms with E-state index < -0.39 is 58.3 Å². The first-order valence-corrected chi connectivity index (χ1v) is 9.97. The van der Waals surface area contributed by atoms with Crippen molar-refractivity contribution in [1.29, 1.82) is 0 Å². The molecule has 3 aromatic rings. The normalized spacial score (nSPS) is 16.7. The third-order valence-electron chi connectivity index (χ3n) is 5.46. The summed E-state index contributed by atoms with van der Waals surface area (Å²) in [5, 5.41) is 68.8. The molecule has 11 nitrogen and oxygen atoms in total. The number of phenols is 7. The number of hydrogen-bond acceptors (Lipinski definition) is 11. The molecular formula is C23H19FO11. The average molecular weight is 490 g/mol. The van der Waals surface area contributed by atoms with Gasteiger partial charge >= 0.3 is 5.97 Å². The van der Waals surface area contributed by atoms with Gasteiger partial charge in [-0.3, -0.25) is 0 Å². The topological polar surface area (TPSA) is 186 Å². The van der Waals surface area contributed by atoms with E-state index in [1.165, 1.54) is 19.2 Å². The zero-order valence-electron chi connectivity index (χ0n) is 17.9. The maximum Gasteiger partial charge on any atom is 0.341 e. The highest BCUT2D eigenvalue weighted by Crippen LogP contribution is 2.46. The number of hydrogen-bond donors (Lipinski definition) is 7. The molecule has 0 radical (unpaired) electrons. The molecule has 1 aliphatic heterocycles. The Labute approximate surface area is 196 Å². The Morgan fingerprint density at radius 1 is 0.914 bits per heavy atom. The lowest BCUT2D eigenvalue weighted by Crippen LogP contribution is -2.35. The minimum Gasteiger partial charge on any atom is -0.508 e. The summed E-state index contributed by atoms with van der Waals surface area (Å²) in [4.78, 5) is 12.8. The average Bonchev–Trinajstić information content (AvgIpc) is 2.81. The molecule has 4 rings (SSSR count). The molecule has 1 aliphatic rings. The van der Waals surface area contributed by atoms with Crippen LogP contribution >= 0.6 is 0 Å². The van der Waals surface area contributed by atoms with Crippen molar-refractivity contribution in [3.63, 3.8) is 0 Å². The first-order chi connectivity index (χ1) is 16.5. The maximum absolute atomic E-state index is 14.4. The van der Waals surface area contributed by atoms with Gasteiger partial charge < -0.3 is 50.0 Å². The molecule has 184 valence electrons. The van der Waals surface area contributed by atoms with Crippen LogP contribution in [0.3, 0.4) is 0 Å².